The highest BCUT2D eigenvalue weighted by Gasteiger charge is 2.09. The second-order valence-corrected chi connectivity index (χ2v) is 8.00. The van der Waals surface area contributed by atoms with E-state index in [1.807, 2.05) is 0 Å². The van der Waals surface area contributed by atoms with Gasteiger partial charge in [0.25, 0.3) is 0 Å². The molecule has 0 aromatic rings. The third-order valence-electron chi connectivity index (χ3n) is 5.20. The fraction of sp³-hybridized carbons (Fsp3) is 0.846. The zero-order valence-corrected chi connectivity index (χ0v) is 19.8. The summed E-state index contributed by atoms with van der Waals surface area (Å²) in [6.07, 6.45) is 22.8. The van der Waals surface area contributed by atoms with Crippen LogP contribution < -0.4 is 0 Å². The molecule has 0 bridgehead atoms. The van der Waals surface area contributed by atoms with Gasteiger partial charge in [-0.25, -0.2) is 0 Å². The molecule has 0 unspecified atom stereocenters. The second-order valence-electron chi connectivity index (χ2n) is 8.00. The molecule has 0 rings (SSSR count). The first-order valence-electron chi connectivity index (χ1n) is 12.4. The van der Waals surface area contributed by atoms with Gasteiger partial charge in [0, 0.05) is 12.8 Å². The molecule has 0 saturated heterocycles. The molecule has 0 saturated carbocycles. The average molecular weight is 411 g/mol. The number of carbonyl (C=O) groups is 2. The van der Waals surface area contributed by atoms with Gasteiger partial charge in [0.15, 0.2) is 0 Å². The van der Waals surface area contributed by atoms with Gasteiger partial charge in [-0.05, 0) is 12.8 Å². The van der Waals surface area contributed by atoms with E-state index in [-0.39, 0.29) is 11.9 Å². The molecule has 0 aromatic heterocycles. The number of hydrogen-bond acceptors (Lipinski definition) is 3. The fourth-order valence-corrected chi connectivity index (χ4v) is 3.39. The number of ether oxygens (including phenoxy) is 1. The van der Waals surface area contributed by atoms with Gasteiger partial charge in [-0.15, -0.1) is 13.2 Å². The van der Waals surface area contributed by atoms with E-state index in [1.165, 1.54) is 89.9 Å². The van der Waals surface area contributed by atoms with E-state index in [9.17, 15) is 9.59 Å². The summed E-state index contributed by atoms with van der Waals surface area (Å²) in [6, 6.07) is 0. The Balaban J connectivity index is 0. The molecule has 0 aliphatic rings. The number of esters is 2. The molecule has 0 spiro atoms. The van der Waals surface area contributed by atoms with Crippen LogP contribution in [0.3, 0.4) is 0 Å². The van der Waals surface area contributed by atoms with Crippen molar-refractivity contribution >= 4 is 11.9 Å². The van der Waals surface area contributed by atoms with Crippen LogP contribution in [-0.2, 0) is 14.3 Å². The lowest BCUT2D eigenvalue weighted by molar-refractivity contribution is -0.159. The molecule has 0 N–H and O–H groups in total. The van der Waals surface area contributed by atoms with Crippen molar-refractivity contribution in [2.75, 3.05) is 0 Å². The molecule has 3 heteroatoms. The van der Waals surface area contributed by atoms with E-state index in [2.05, 4.69) is 27.0 Å². The Hall–Kier alpha value is -1.12. The van der Waals surface area contributed by atoms with E-state index in [0.717, 1.165) is 25.7 Å². The molecule has 0 heterocycles. The molecular formula is C26H50O3. The van der Waals surface area contributed by atoms with Gasteiger partial charge in [0.2, 0.25) is 0 Å². The summed E-state index contributed by atoms with van der Waals surface area (Å²) >= 11 is 0. The zero-order valence-electron chi connectivity index (χ0n) is 19.8. The lowest BCUT2D eigenvalue weighted by Crippen LogP contribution is -2.11. The Morgan fingerprint density at radius 1 is 0.483 bits per heavy atom. The summed E-state index contributed by atoms with van der Waals surface area (Å²) in [5.74, 6) is -0.669. The first kappa shape index (κ1) is 30.1. The number of hydrogen-bond donors (Lipinski definition) is 0. The zero-order chi connectivity index (χ0) is 22.0. The number of rotatable bonds is 20. The molecule has 0 fully saturated rings. The standard InChI is InChI=1S/C24H46O3.C2H4/c1-3-5-7-9-11-13-15-17-19-21-23(25)27-24(26)22-20-18-16-14-12-10-8-6-4-2;1-2/h3-22H2,1-2H3;1-2H2. The Labute approximate surface area is 182 Å². The maximum Gasteiger partial charge on any atom is 0.313 e. The van der Waals surface area contributed by atoms with E-state index in [4.69, 9.17) is 4.74 Å². The lowest BCUT2D eigenvalue weighted by Gasteiger charge is -2.04. The minimum Gasteiger partial charge on any atom is -0.393 e. The van der Waals surface area contributed by atoms with Crippen LogP contribution in [0.4, 0.5) is 0 Å². The summed E-state index contributed by atoms with van der Waals surface area (Å²) in [5, 5.41) is 0. The summed E-state index contributed by atoms with van der Waals surface area (Å²) in [7, 11) is 0. The SMILES string of the molecule is C=C.CCCCCCCCCCCC(=O)OC(=O)CCCCCCCCCCC. The van der Waals surface area contributed by atoms with Crippen LogP contribution in [0.25, 0.3) is 0 Å². The van der Waals surface area contributed by atoms with Gasteiger partial charge in [0.1, 0.15) is 0 Å². The Morgan fingerprint density at radius 2 is 0.724 bits per heavy atom. The quantitative estimate of drug-likeness (QED) is 0.0872. The normalized spacial score (nSPS) is 10.3. The Bertz CT molecular complexity index is 320. The molecule has 172 valence electrons. The average Bonchev–Trinajstić information content (AvgIpc) is 2.72. The van der Waals surface area contributed by atoms with E-state index in [1.54, 1.807) is 0 Å². The van der Waals surface area contributed by atoms with Crippen molar-refractivity contribution in [2.24, 2.45) is 0 Å². The van der Waals surface area contributed by atoms with Gasteiger partial charge >= 0.3 is 11.9 Å². The van der Waals surface area contributed by atoms with Crippen molar-refractivity contribution in [3.05, 3.63) is 13.2 Å². The van der Waals surface area contributed by atoms with Crippen LogP contribution >= 0.6 is 0 Å². The first-order chi connectivity index (χ1) is 14.2. The van der Waals surface area contributed by atoms with Crippen LogP contribution in [0.1, 0.15) is 142 Å². The van der Waals surface area contributed by atoms with Crippen LogP contribution in [0, 0.1) is 0 Å². The van der Waals surface area contributed by atoms with Gasteiger partial charge in [-0.2, -0.15) is 0 Å². The van der Waals surface area contributed by atoms with Crippen LogP contribution in [0.5, 0.6) is 0 Å². The van der Waals surface area contributed by atoms with Crippen molar-refractivity contribution < 1.29 is 14.3 Å². The maximum absolute atomic E-state index is 11.7. The van der Waals surface area contributed by atoms with E-state index in [0.29, 0.717) is 12.8 Å². The van der Waals surface area contributed by atoms with Crippen LogP contribution in [0.2, 0.25) is 0 Å². The molecule has 0 aliphatic heterocycles. The molecule has 0 aromatic carbocycles. The minimum atomic E-state index is -0.334. The van der Waals surface area contributed by atoms with Gasteiger partial charge in [-0.3, -0.25) is 9.59 Å². The highest BCUT2D eigenvalue weighted by atomic mass is 16.6. The van der Waals surface area contributed by atoms with Crippen molar-refractivity contribution in [2.45, 2.75) is 142 Å². The molecule has 29 heavy (non-hydrogen) atoms. The topological polar surface area (TPSA) is 43.4 Å². The molecule has 0 radical (unpaired) electrons. The summed E-state index contributed by atoms with van der Waals surface area (Å²) in [4.78, 5) is 23.4. The Kier molecular flexibility index (Phi) is 27.9. The maximum atomic E-state index is 11.7. The first-order valence-corrected chi connectivity index (χ1v) is 12.4. The van der Waals surface area contributed by atoms with E-state index < -0.39 is 0 Å². The number of unbranched alkanes of at least 4 members (excludes halogenated alkanes) is 16. The summed E-state index contributed by atoms with van der Waals surface area (Å²) < 4.78 is 4.92. The molecule has 0 amide bonds. The molecule has 0 aliphatic carbocycles. The van der Waals surface area contributed by atoms with Gasteiger partial charge in [0.05, 0.1) is 0 Å². The van der Waals surface area contributed by atoms with Crippen LogP contribution in [-0.4, -0.2) is 11.9 Å². The molecule has 0 atom stereocenters. The van der Waals surface area contributed by atoms with Crippen LogP contribution in [0.15, 0.2) is 13.2 Å². The summed E-state index contributed by atoms with van der Waals surface area (Å²) in [6.45, 7) is 10.5. The fourth-order valence-electron chi connectivity index (χ4n) is 3.39. The summed E-state index contributed by atoms with van der Waals surface area (Å²) in [5.41, 5.74) is 0. The molecular weight excluding hydrogens is 360 g/mol. The third kappa shape index (κ3) is 26.9. The van der Waals surface area contributed by atoms with Gasteiger partial charge < -0.3 is 4.74 Å². The highest BCUT2D eigenvalue weighted by molar-refractivity contribution is 5.85. The third-order valence-corrected chi connectivity index (χ3v) is 5.20. The lowest BCUT2D eigenvalue weighted by atomic mass is 10.1. The van der Waals surface area contributed by atoms with Crippen molar-refractivity contribution in [1.29, 1.82) is 0 Å². The number of carbonyl (C=O) groups excluding carboxylic acids is 2. The highest BCUT2D eigenvalue weighted by Crippen LogP contribution is 2.12. The van der Waals surface area contributed by atoms with Crippen molar-refractivity contribution in [1.82, 2.24) is 0 Å². The smallest absolute Gasteiger partial charge is 0.313 e. The van der Waals surface area contributed by atoms with Gasteiger partial charge in [-0.1, -0.05) is 117 Å². The predicted octanol–water partition coefficient (Wildman–Crippen LogP) is 8.70. The Morgan fingerprint density at radius 3 is 1.00 bits per heavy atom. The largest absolute Gasteiger partial charge is 0.393 e. The predicted molar refractivity (Wildman–Crippen MR) is 126 cm³/mol. The minimum absolute atomic E-state index is 0.334. The molecule has 3 nitrogen and oxygen atoms in total. The van der Waals surface area contributed by atoms with Crippen molar-refractivity contribution in [3.8, 4) is 0 Å². The van der Waals surface area contributed by atoms with E-state index >= 15 is 0 Å². The van der Waals surface area contributed by atoms with Crippen molar-refractivity contribution in [3.63, 3.8) is 0 Å². The monoisotopic (exact) mass is 410 g/mol. The second kappa shape index (κ2) is 26.9.